The minimum Gasteiger partial charge on any atom is -0.384 e. The maximum atomic E-state index is 12.3. The largest absolute Gasteiger partial charge is 0.384 e. The SMILES string of the molecule is CCCCCCCCS(=O)(=O)NCCCCn1c(CCOC)nc2c(N)nc3ccccc3c21. The fourth-order valence-corrected chi connectivity index (χ4v) is 5.48. The van der Waals surface area contributed by atoms with Gasteiger partial charge in [0.2, 0.25) is 10.0 Å². The number of fused-ring (bicyclic) bond motifs is 3. The van der Waals surface area contributed by atoms with Gasteiger partial charge in [-0.2, -0.15) is 0 Å². The number of nitrogens with one attached hydrogen (secondary N) is 1. The molecule has 2 aromatic heterocycles. The van der Waals surface area contributed by atoms with Crippen molar-refractivity contribution < 1.29 is 13.2 Å². The van der Waals surface area contributed by atoms with E-state index in [1.54, 1.807) is 7.11 Å². The van der Waals surface area contributed by atoms with E-state index < -0.39 is 10.0 Å². The fourth-order valence-electron chi connectivity index (χ4n) is 4.30. The highest BCUT2D eigenvalue weighted by Crippen LogP contribution is 2.29. The lowest BCUT2D eigenvalue weighted by Gasteiger charge is -2.11. The number of aryl methyl sites for hydroxylation is 1. The van der Waals surface area contributed by atoms with Crippen LogP contribution in [0.15, 0.2) is 24.3 Å². The van der Waals surface area contributed by atoms with Crippen LogP contribution in [0, 0.1) is 0 Å². The summed E-state index contributed by atoms with van der Waals surface area (Å²) in [6, 6.07) is 7.93. The summed E-state index contributed by atoms with van der Waals surface area (Å²) in [6.45, 7) is 3.91. The van der Waals surface area contributed by atoms with Gasteiger partial charge < -0.3 is 15.0 Å². The van der Waals surface area contributed by atoms with Gasteiger partial charge in [-0.3, -0.25) is 0 Å². The number of hydrogen-bond donors (Lipinski definition) is 2. The zero-order chi connectivity index (χ0) is 24.4. The molecule has 0 unspecified atom stereocenters. The van der Waals surface area contributed by atoms with E-state index >= 15 is 0 Å². The van der Waals surface area contributed by atoms with Gasteiger partial charge in [0.15, 0.2) is 5.82 Å². The van der Waals surface area contributed by atoms with Gasteiger partial charge in [0.25, 0.3) is 0 Å². The minimum atomic E-state index is -3.21. The van der Waals surface area contributed by atoms with Crippen LogP contribution in [0.25, 0.3) is 21.9 Å². The van der Waals surface area contributed by atoms with Gasteiger partial charge >= 0.3 is 0 Å². The fraction of sp³-hybridized carbons (Fsp3) is 0.600. The first kappa shape index (κ1) is 26.4. The lowest BCUT2D eigenvalue weighted by Crippen LogP contribution is -2.27. The second-order valence-corrected chi connectivity index (χ2v) is 10.7. The van der Waals surface area contributed by atoms with Crippen molar-refractivity contribution in [3.05, 3.63) is 30.1 Å². The number of aromatic nitrogens is 3. The van der Waals surface area contributed by atoms with Gasteiger partial charge in [0.05, 0.1) is 23.4 Å². The normalized spacial score (nSPS) is 12.2. The summed E-state index contributed by atoms with van der Waals surface area (Å²) in [4.78, 5) is 9.30. The van der Waals surface area contributed by atoms with Crippen LogP contribution in [0.5, 0.6) is 0 Å². The van der Waals surface area contributed by atoms with E-state index in [1.807, 2.05) is 24.3 Å². The van der Waals surface area contributed by atoms with E-state index in [0.717, 1.165) is 60.9 Å². The molecule has 0 bridgehead atoms. The highest BCUT2D eigenvalue weighted by atomic mass is 32.2. The number of methoxy groups -OCH3 is 1. The number of ether oxygens (including phenoxy) is 1. The topological polar surface area (TPSA) is 112 Å². The first-order valence-electron chi connectivity index (χ1n) is 12.5. The lowest BCUT2D eigenvalue weighted by atomic mass is 10.1. The molecule has 0 aliphatic rings. The molecular formula is C25H39N5O3S. The second kappa shape index (κ2) is 13.0. The van der Waals surface area contributed by atoms with E-state index in [1.165, 1.54) is 19.3 Å². The molecule has 0 atom stereocenters. The zero-order valence-electron chi connectivity index (χ0n) is 20.6. The van der Waals surface area contributed by atoms with Gasteiger partial charge in [-0.25, -0.2) is 23.1 Å². The van der Waals surface area contributed by atoms with Crippen LogP contribution in [0.2, 0.25) is 0 Å². The van der Waals surface area contributed by atoms with Crippen LogP contribution in [-0.2, 0) is 27.7 Å². The Morgan fingerprint density at radius 3 is 2.59 bits per heavy atom. The molecule has 0 aliphatic carbocycles. The lowest BCUT2D eigenvalue weighted by molar-refractivity contribution is 0.199. The summed E-state index contributed by atoms with van der Waals surface area (Å²) in [7, 11) is -1.53. The molecule has 0 fully saturated rings. The molecule has 188 valence electrons. The van der Waals surface area contributed by atoms with E-state index in [4.69, 9.17) is 15.5 Å². The van der Waals surface area contributed by atoms with E-state index in [-0.39, 0.29) is 5.75 Å². The molecule has 0 spiro atoms. The number of nitrogens with zero attached hydrogens (tertiary/aromatic N) is 3. The summed E-state index contributed by atoms with van der Waals surface area (Å²) in [6.07, 6.45) is 8.67. The van der Waals surface area contributed by atoms with Crippen molar-refractivity contribution in [2.75, 3.05) is 31.7 Å². The van der Waals surface area contributed by atoms with Gasteiger partial charge in [-0.05, 0) is 25.3 Å². The minimum absolute atomic E-state index is 0.213. The van der Waals surface area contributed by atoms with Crippen LogP contribution < -0.4 is 10.5 Å². The number of benzene rings is 1. The van der Waals surface area contributed by atoms with E-state index in [2.05, 4.69) is 21.2 Å². The molecule has 2 heterocycles. The van der Waals surface area contributed by atoms with Gasteiger partial charge in [-0.1, -0.05) is 57.2 Å². The molecule has 0 saturated carbocycles. The molecule has 34 heavy (non-hydrogen) atoms. The Morgan fingerprint density at radius 2 is 1.79 bits per heavy atom. The first-order chi connectivity index (χ1) is 16.5. The summed E-state index contributed by atoms with van der Waals surface area (Å²) in [5.74, 6) is 1.55. The van der Waals surface area contributed by atoms with E-state index in [9.17, 15) is 8.42 Å². The monoisotopic (exact) mass is 489 g/mol. The molecule has 1 aromatic carbocycles. The molecule has 0 amide bonds. The number of anilines is 1. The molecule has 3 N–H and O–H groups in total. The Hall–Kier alpha value is -2.23. The third kappa shape index (κ3) is 7.13. The summed E-state index contributed by atoms with van der Waals surface area (Å²) >= 11 is 0. The molecule has 3 aromatic rings. The van der Waals surface area contributed by atoms with Gasteiger partial charge in [0.1, 0.15) is 11.3 Å². The van der Waals surface area contributed by atoms with Crippen LogP contribution >= 0.6 is 0 Å². The van der Waals surface area contributed by atoms with Crippen molar-refractivity contribution in [3.63, 3.8) is 0 Å². The highest BCUT2D eigenvalue weighted by molar-refractivity contribution is 7.89. The van der Waals surface area contributed by atoms with Crippen molar-refractivity contribution >= 4 is 37.8 Å². The predicted molar refractivity (Wildman–Crippen MR) is 139 cm³/mol. The summed E-state index contributed by atoms with van der Waals surface area (Å²) in [5.41, 5.74) is 8.77. The number of sulfonamides is 1. The Morgan fingerprint density at radius 1 is 1.03 bits per heavy atom. The van der Waals surface area contributed by atoms with Crippen molar-refractivity contribution in [2.45, 2.75) is 71.3 Å². The maximum Gasteiger partial charge on any atom is 0.211 e. The quantitative estimate of drug-likeness (QED) is 0.288. The summed E-state index contributed by atoms with van der Waals surface area (Å²) in [5, 5.41) is 1.02. The standard InChI is InChI=1S/C25H39N5O3S/c1-3-4-5-6-7-12-19-34(31,32)27-16-10-11-17-30-22(15-18-33-2)29-23-24(30)20-13-8-9-14-21(20)28-25(23)26/h8-9,13-14,27H,3-7,10-12,15-19H2,1-2H3,(H2,26,28). The Labute approximate surface area is 203 Å². The molecule has 3 rings (SSSR count). The zero-order valence-corrected chi connectivity index (χ0v) is 21.4. The molecule has 8 nitrogen and oxygen atoms in total. The number of pyridine rings is 1. The van der Waals surface area contributed by atoms with E-state index in [0.29, 0.717) is 30.9 Å². The highest BCUT2D eigenvalue weighted by Gasteiger charge is 2.17. The van der Waals surface area contributed by atoms with Crippen LogP contribution in [0.1, 0.15) is 64.1 Å². The Balaban J connectivity index is 1.60. The molecular weight excluding hydrogens is 450 g/mol. The second-order valence-electron chi connectivity index (χ2n) is 8.82. The molecule has 0 radical (unpaired) electrons. The Bertz CT molecular complexity index is 1160. The van der Waals surface area contributed by atoms with Crippen LogP contribution in [0.4, 0.5) is 5.82 Å². The maximum absolute atomic E-state index is 12.3. The molecule has 0 saturated heterocycles. The molecule has 9 heteroatoms. The smallest absolute Gasteiger partial charge is 0.211 e. The van der Waals surface area contributed by atoms with Crippen molar-refractivity contribution in [3.8, 4) is 0 Å². The number of nitrogens with two attached hydrogens (primary N) is 1. The average Bonchev–Trinajstić information content (AvgIpc) is 3.19. The number of para-hydroxylation sites is 1. The van der Waals surface area contributed by atoms with Gasteiger partial charge in [0, 0.05) is 32.0 Å². The number of unbranched alkanes of at least 4 members (excludes halogenated alkanes) is 6. The van der Waals surface area contributed by atoms with Crippen LogP contribution in [-0.4, -0.2) is 49.0 Å². The predicted octanol–water partition coefficient (Wildman–Crippen LogP) is 4.42. The number of hydrogen-bond acceptors (Lipinski definition) is 6. The van der Waals surface area contributed by atoms with Crippen LogP contribution in [0.3, 0.4) is 0 Å². The first-order valence-corrected chi connectivity index (χ1v) is 14.1. The van der Waals surface area contributed by atoms with Crippen molar-refractivity contribution in [1.29, 1.82) is 0 Å². The van der Waals surface area contributed by atoms with Gasteiger partial charge in [-0.15, -0.1) is 0 Å². The number of nitrogen functional groups attached to an aromatic ring is 1. The Kier molecular flexibility index (Phi) is 10.1. The summed E-state index contributed by atoms with van der Waals surface area (Å²) < 4.78 is 34.8. The van der Waals surface area contributed by atoms with Crippen molar-refractivity contribution in [2.24, 2.45) is 0 Å². The van der Waals surface area contributed by atoms with Crippen molar-refractivity contribution in [1.82, 2.24) is 19.3 Å². The number of imidazole rings is 1. The third-order valence-electron chi connectivity index (χ3n) is 6.12. The number of rotatable bonds is 16. The average molecular weight is 490 g/mol. The third-order valence-corrected chi connectivity index (χ3v) is 7.59. The molecule has 0 aliphatic heterocycles.